The van der Waals surface area contributed by atoms with Crippen molar-refractivity contribution < 1.29 is 17.9 Å². The molecule has 1 aliphatic rings. The standard InChI is InChI=1S/C30H36N6O4S/c1-20-6-7-27(40-11-10-34(3)4)15-29(20)30(37)33-21(2)22-12-23(25-16-31-35(5)18-25)14-24(13-22)26-17-32-36(19-26)41(38,39)28-8-9-28/h6-7,12-19,21,28H,8-11H2,1-5H3,(H,33,37)/t21-/m1/s1. The van der Waals surface area contributed by atoms with Crippen LogP contribution in [-0.4, -0.2) is 70.7 Å². The van der Waals surface area contributed by atoms with Crippen molar-refractivity contribution in [1.29, 1.82) is 0 Å². The number of amides is 1. The highest BCUT2D eigenvalue weighted by atomic mass is 32.2. The summed E-state index contributed by atoms with van der Waals surface area (Å²) in [5.74, 6) is 0.444. The predicted molar refractivity (Wildman–Crippen MR) is 158 cm³/mol. The van der Waals surface area contributed by atoms with Crippen molar-refractivity contribution in [3.63, 3.8) is 0 Å². The van der Waals surface area contributed by atoms with E-state index in [4.69, 9.17) is 4.74 Å². The lowest BCUT2D eigenvalue weighted by Gasteiger charge is -2.18. The Morgan fingerprint density at radius 1 is 1.05 bits per heavy atom. The topological polar surface area (TPSA) is 111 Å². The maximum Gasteiger partial charge on any atom is 0.256 e. The van der Waals surface area contributed by atoms with Crippen molar-refractivity contribution in [3.8, 4) is 28.0 Å². The first-order valence-electron chi connectivity index (χ1n) is 13.6. The molecule has 1 atom stereocenters. The lowest BCUT2D eigenvalue weighted by atomic mass is 9.96. The van der Waals surface area contributed by atoms with Gasteiger partial charge < -0.3 is 15.0 Å². The lowest BCUT2D eigenvalue weighted by molar-refractivity contribution is 0.0938. The van der Waals surface area contributed by atoms with Crippen LogP contribution in [0, 0.1) is 6.92 Å². The molecule has 1 fully saturated rings. The van der Waals surface area contributed by atoms with Crippen LogP contribution >= 0.6 is 0 Å². The van der Waals surface area contributed by atoms with E-state index in [0.717, 1.165) is 38.4 Å². The van der Waals surface area contributed by atoms with E-state index in [1.807, 2.05) is 76.4 Å². The van der Waals surface area contributed by atoms with Crippen molar-refractivity contribution in [2.24, 2.45) is 7.05 Å². The van der Waals surface area contributed by atoms with Gasteiger partial charge in [0, 0.05) is 36.5 Å². The van der Waals surface area contributed by atoms with Crippen LogP contribution in [0.4, 0.5) is 0 Å². The molecule has 0 radical (unpaired) electrons. The molecular weight excluding hydrogens is 540 g/mol. The van der Waals surface area contributed by atoms with Crippen LogP contribution in [0.2, 0.25) is 0 Å². The van der Waals surface area contributed by atoms with Gasteiger partial charge >= 0.3 is 0 Å². The van der Waals surface area contributed by atoms with Crippen LogP contribution in [0.15, 0.2) is 61.2 Å². The van der Waals surface area contributed by atoms with Crippen LogP contribution < -0.4 is 10.1 Å². The molecule has 1 N–H and O–H groups in total. The summed E-state index contributed by atoms with van der Waals surface area (Å²) in [4.78, 5) is 15.4. The number of nitrogens with zero attached hydrogens (tertiary/aromatic N) is 5. The van der Waals surface area contributed by atoms with Gasteiger partial charge in [0.25, 0.3) is 15.9 Å². The Morgan fingerprint density at radius 2 is 1.73 bits per heavy atom. The number of nitrogens with one attached hydrogen (secondary N) is 1. The Bertz CT molecular complexity index is 1670. The molecule has 0 unspecified atom stereocenters. The van der Waals surface area contributed by atoms with E-state index in [2.05, 4.69) is 15.5 Å². The minimum atomic E-state index is -3.48. The first-order chi connectivity index (χ1) is 19.5. The van der Waals surface area contributed by atoms with E-state index < -0.39 is 10.0 Å². The average Bonchev–Trinajstić information content (AvgIpc) is 3.52. The number of carbonyl (C=O) groups is 1. The predicted octanol–water partition coefficient (Wildman–Crippen LogP) is 4.03. The van der Waals surface area contributed by atoms with E-state index >= 15 is 0 Å². The Kier molecular flexibility index (Phi) is 8.01. The third-order valence-electron chi connectivity index (χ3n) is 7.20. The van der Waals surface area contributed by atoms with Crippen molar-refractivity contribution in [3.05, 3.63) is 77.9 Å². The van der Waals surface area contributed by atoms with E-state index in [-0.39, 0.29) is 17.2 Å². The molecule has 0 saturated heterocycles. The smallest absolute Gasteiger partial charge is 0.256 e. The summed E-state index contributed by atoms with van der Waals surface area (Å²) in [6.45, 7) is 5.12. The summed E-state index contributed by atoms with van der Waals surface area (Å²) in [5.41, 5.74) is 5.55. The molecular formula is C30H36N6O4S. The Morgan fingerprint density at radius 3 is 2.37 bits per heavy atom. The van der Waals surface area contributed by atoms with Gasteiger partial charge in [0.05, 0.1) is 29.9 Å². The number of likely N-dealkylation sites (N-methyl/N-ethyl adjacent to an activating group) is 1. The Labute approximate surface area is 241 Å². The summed E-state index contributed by atoms with van der Waals surface area (Å²) in [6.07, 6.45) is 8.16. The lowest BCUT2D eigenvalue weighted by Crippen LogP contribution is -2.27. The van der Waals surface area contributed by atoms with Crippen molar-refractivity contribution in [2.45, 2.75) is 38.0 Å². The highest BCUT2D eigenvalue weighted by molar-refractivity contribution is 7.90. The minimum absolute atomic E-state index is 0.204. The first kappa shape index (κ1) is 28.6. The van der Waals surface area contributed by atoms with Crippen LogP contribution in [0.3, 0.4) is 0 Å². The third-order valence-corrected chi connectivity index (χ3v) is 9.24. The van der Waals surface area contributed by atoms with Gasteiger partial charge in [0.2, 0.25) is 0 Å². The summed E-state index contributed by atoms with van der Waals surface area (Å²) < 4.78 is 34.1. The number of hydrogen-bond acceptors (Lipinski definition) is 7. The molecule has 0 aliphatic heterocycles. The van der Waals surface area contributed by atoms with Crippen LogP contribution in [0.1, 0.15) is 47.3 Å². The largest absolute Gasteiger partial charge is 0.492 e. The van der Waals surface area contributed by atoms with Crippen LogP contribution in [-0.2, 0) is 17.1 Å². The number of hydrogen-bond donors (Lipinski definition) is 1. The quantitative estimate of drug-likeness (QED) is 0.287. The monoisotopic (exact) mass is 576 g/mol. The first-order valence-corrected chi connectivity index (χ1v) is 15.1. The molecule has 0 spiro atoms. The van der Waals surface area contributed by atoms with Gasteiger partial charge in [0.15, 0.2) is 0 Å². The molecule has 0 bridgehead atoms. The molecule has 2 aromatic carbocycles. The SMILES string of the molecule is Cc1ccc(OCCN(C)C)cc1C(=O)N[C@H](C)c1cc(-c2cnn(C)c2)cc(-c2cnn(S(=O)(=O)C3CC3)c2)c1. The van der Waals surface area contributed by atoms with Crippen LogP contribution in [0.5, 0.6) is 5.75 Å². The second-order valence-electron chi connectivity index (χ2n) is 10.9. The molecule has 2 heterocycles. The van der Waals surface area contributed by atoms with E-state index in [1.165, 1.54) is 0 Å². The maximum absolute atomic E-state index is 13.4. The van der Waals surface area contributed by atoms with Gasteiger partial charge in [-0.15, -0.1) is 0 Å². The van der Waals surface area contributed by atoms with Gasteiger partial charge in [-0.3, -0.25) is 9.48 Å². The molecule has 1 saturated carbocycles. The van der Waals surface area contributed by atoms with Gasteiger partial charge in [-0.25, -0.2) is 8.42 Å². The number of benzene rings is 2. The molecule has 2 aromatic heterocycles. The highest BCUT2D eigenvalue weighted by Gasteiger charge is 2.37. The van der Waals surface area contributed by atoms with Gasteiger partial charge in [0.1, 0.15) is 12.4 Å². The maximum atomic E-state index is 13.4. The summed E-state index contributed by atoms with van der Waals surface area (Å²) in [5, 5.41) is 11.2. The Hall–Kier alpha value is -3.96. The second-order valence-corrected chi connectivity index (χ2v) is 13.0. The van der Waals surface area contributed by atoms with E-state index in [0.29, 0.717) is 36.3 Å². The number of aryl methyl sites for hydroxylation is 2. The fraction of sp³-hybridized carbons (Fsp3) is 0.367. The third kappa shape index (κ3) is 6.52. The number of aromatic nitrogens is 4. The van der Waals surface area contributed by atoms with E-state index in [1.54, 1.807) is 29.3 Å². The fourth-order valence-corrected chi connectivity index (χ4v) is 6.03. The minimum Gasteiger partial charge on any atom is -0.492 e. The zero-order valence-corrected chi connectivity index (χ0v) is 24.9. The van der Waals surface area contributed by atoms with Crippen molar-refractivity contribution in [1.82, 2.24) is 29.2 Å². The molecule has 1 amide bonds. The highest BCUT2D eigenvalue weighted by Crippen LogP contribution is 2.33. The molecule has 5 rings (SSSR count). The Balaban J connectivity index is 1.43. The van der Waals surface area contributed by atoms with Crippen LogP contribution in [0.25, 0.3) is 22.3 Å². The summed E-state index contributed by atoms with van der Waals surface area (Å²) >= 11 is 0. The average molecular weight is 577 g/mol. The van der Waals surface area contributed by atoms with Gasteiger partial charge in [-0.2, -0.15) is 14.3 Å². The fourth-order valence-electron chi connectivity index (χ4n) is 4.56. The molecule has 10 nitrogen and oxygen atoms in total. The van der Waals surface area contributed by atoms with Gasteiger partial charge in [-0.1, -0.05) is 6.07 Å². The second kappa shape index (κ2) is 11.5. The zero-order chi connectivity index (χ0) is 29.3. The van der Waals surface area contributed by atoms with E-state index in [9.17, 15) is 13.2 Å². The zero-order valence-electron chi connectivity index (χ0n) is 24.0. The molecule has 1 aliphatic carbocycles. The number of carbonyl (C=O) groups excluding carboxylic acids is 1. The number of ether oxygens (including phenoxy) is 1. The molecule has 11 heteroatoms. The number of rotatable bonds is 11. The van der Waals surface area contributed by atoms with Gasteiger partial charge in [-0.05, 0) is 93.4 Å². The molecule has 41 heavy (non-hydrogen) atoms. The summed E-state index contributed by atoms with van der Waals surface area (Å²) in [7, 11) is 2.33. The molecule has 4 aromatic rings. The molecule has 216 valence electrons. The normalized spacial score (nSPS) is 14.3. The van der Waals surface area contributed by atoms with Crippen molar-refractivity contribution >= 4 is 15.9 Å². The summed E-state index contributed by atoms with van der Waals surface area (Å²) in [6, 6.07) is 11.2. The van der Waals surface area contributed by atoms with Crippen molar-refractivity contribution in [2.75, 3.05) is 27.2 Å².